The molecule has 43 heavy (non-hydrogen) atoms. The number of allylic oxidation sites excluding steroid dienone is 3. The van der Waals surface area contributed by atoms with Crippen molar-refractivity contribution >= 4 is 0 Å². The molecule has 1 saturated heterocycles. The molecule has 0 aromatic carbocycles. The van der Waals surface area contributed by atoms with E-state index in [9.17, 15) is 35.4 Å². The van der Waals surface area contributed by atoms with Crippen molar-refractivity contribution < 1.29 is 39.8 Å². The number of aliphatic hydroxyl groups is 5. The Kier molecular flexibility index (Phi) is 14.8. The average Bonchev–Trinajstić information content (AvgIpc) is 2.95. The van der Waals surface area contributed by atoms with Crippen molar-refractivity contribution in [1.82, 2.24) is 0 Å². The fourth-order valence-corrected chi connectivity index (χ4v) is 5.56. The summed E-state index contributed by atoms with van der Waals surface area (Å²) in [5.41, 5.74) is -0.399. The quantitative estimate of drug-likeness (QED) is 0.0899. The molecule has 0 bridgehead atoms. The number of hydrogen-bond donors (Lipinski definition) is 6. The van der Waals surface area contributed by atoms with Crippen molar-refractivity contribution in [3.05, 3.63) is 63.3 Å². The van der Waals surface area contributed by atoms with Crippen LogP contribution in [0.25, 0.3) is 0 Å². The van der Waals surface area contributed by atoms with Crippen LogP contribution in [0, 0.1) is 11.8 Å². The molecule has 2 rings (SSSR count). The normalized spacial score (nSPS) is 24.3. The molecule has 0 saturated carbocycles. The number of hydrogen-bond acceptors (Lipinski definition) is 9. The minimum absolute atomic E-state index is 0.0118. The maximum absolute atomic E-state index is 12.9. The van der Waals surface area contributed by atoms with Crippen LogP contribution >= 0.6 is 0 Å². The fraction of sp³-hybridized carbons (Fsp3) is 0.676. The number of rotatable bonds is 16. The molecule has 0 amide bonds. The van der Waals surface area contributed by atoms with Gasteiger partial charge in [0.05, 0.1) is 36.9 Å². The summed E-state index contributed by atoms with van der Waals surface area (Å²) in [5, 5.41) is 61.7. The molecule has 9 nitrogen and oxygen atoms in total. The molecule has 1 aliphatic heterocycles. The lowest BCUT2D eigenvalue weighted by Crippen LogP contribution is -2.46. The molecule has 0 radical (unpaired) electrons. The maximum atomic E-state index is 12.9. The summed E-state index contributed by atoms with van der Waals surface area (Å²) < 4.78 is 11.0. The van der Waals surface area contributed by atoms with Crippen LogP contribution in [0.3, 0.4) is 0 Å². The van der Waals surface area contributed by atoms with Gasteiger partial charge in [-0.25, -0.2) is 4.79 Å². The molecule has 2 heterocycles. The van der Waals surface area contributed by atoms with Crippen LogP contribution in [0.5, 0.6) is 5.75 Å². The van der Waals surface area contributed by atoms with Crippen molar-refractivity contribution in [1.29, 1.82) is 0 Å². The summed E-state index contributed by atoms with van der Waals surface area (Å²) >= 11 is 0. The first-order valence-corrected chi connectivity index (χ1v) is 15.6. The smallest absolute Gasteiger partial charge is 0.345 e. The van der Waals surface area contributed by atoms with Gasteiger partial charge in [-0.15, -0.1) is 0 Å². The largest absolute Gasteiger partial charge is 0.507 e. The van der Waals surface area contributed by atoms with Crippen molar-refractivity contribution in [2.75, 3.05) is 13.2 Å². The average molecular weight is 607 g/mol. The van der Waals surface area contributed by atoms with Crippen LogP contribution in [0.4, 0.5) is 0 Å². The molecule has 1 aliphatic rings. The van der Waals surface area contributed by atoms with Gasteiger partial charge in [-0.2, -0.15) is 0 Å². The van der Waals surface area contributed by atoms with E-state index in [1.807, 2.05) is 13.0 Å². The van der Waals surface area contributed by atoms with Crippen LogP contribution < -0.4 is 5.63 Å². The zero-order valence-corrected chi connectivity index (χ0v) is 26.7. The van der Waals surface area contributed by atoms with E-state index in [-0.39, 0.29) is 30.3 Å². The Morgan fingerprint density at radius 2 is 1.84 bits per heavy atom. The Hall–Kier alpha value is -2.27. The molecule has 1 aromatic rings. The summed E-state index contributed by atoms with van der Waals surface area (Å²) in [4.78, 5) is 12.9. The Balaban J connectivity index is 2.14. The van der Waals surface area contributed by atoms with E-state index in [1.165, 1.54) is 43.7 Å². The third kappa shape index (κ3) is 10.7. The minimum atomic E-state index is -1.50. The molecule has 1 fully saturated rings. The van der Waals surface area contributed by atoms with Gasteiger partial charge in [-0.05, 0) is 40.0 Å². The number of aromatic hydroxyl groups is 1. The highest BCUT2D eigenvalue weighted by Gasteiger charge is 2.41. The van der Waals surface area contributed by atoms with E-state index in [0.717, 1.165) is 12.0 Å². The highest BCUT2D eigenvalue weighted by molar-refractivity contribution is 5.36. The van der Waals surface area contributed by atoms with Crippen LogP contribution in [0.15, 0.2) is 50.7 Å². The van der Waals surface area contributed by atoms with Crippen LogP contribution in [0.1, 0.15) is 104 Å². The van der Waals surface area contributed by atoms with Gasteiger partial charge in [0.15, 0.2) is 0 Å². The van der Waals surface area contributed by atoms with Crippen LogP contribution in [-0.2, 0) is 10.2 Å². The van der Waals surface area contributed by atoms with E-state index < -0.39 is 53.9 Å². The van der Waals surface area contributed by atoms with E-state index in [2.05, 4.69) is 26.8 Å². The monoisotopic (exact) mass is 606 g/mol. The van der Waals surface area contributed by atoms with Crippen molar-refractivity contribution in [2.45, 2.75) is 122 Å². The molecule has 6 N–H and O–H groups in total. The molecular weight excluding hydrogens is 552 g/mol. The van der Waals surface area contributed by atoms with Gasteiger partial charge < -0.3 is 39.8 Å². The molecule has 0 unspecified atom stereocenters. The van der Waals surface area contributed by atoms with Crippen molar-refractivity contribution in [2.24, 2.45) is 11.8 Å². The van der Waals surface area contributed by atoms with Gasteiger partial charge in [0.1, 0.15) is 29.3 Å². The number of aliphatic hydroxyl groups excluding tert-OH is 5. The summed E-state index contributed by atoms with van der Waals surface area (Å²) in [6.45, 7) is 11.3. The topological polar surface area (TPSA) is 161 Å². The second-order valence-electron chi connectivity index (χ2n) is 12.8. The maximum Gasteiger partial charge on any atom is 0.345 e. The molecule has 9 heteroatoms. The summed E-state index contributed by atoms with van der Waals surface area (Å²) in [7, 11) is 0. The zero-order valence-electron chi connectivity index (χ0n) is 26.7. The first-order chi connectivity index (χ1) is 20.2. The van der Waals surface area contributed by atoms with Gasteiger partial charge in [0.25, 0.3) is 0 Å². The third-order valence-electron chi connectivity index (χ3n) is 8.33. The van der Waals surface area contributed by atoms with Crippen molar-refractivity contribution in [3.63, 3.8) is 0 Å². The van der Waals surface area contributed by atoms with Gasteiger partial charge in [-0.1, -0.05) is 81.4 Å². The zero-order chi connectivity index (χ0) is 32.3. The van der Waals surface area contributed by atoms with E-state index in [0.29, 0.717) is 5.92 Å². The van der Waals surface area contributed by atoms with Crippen molar-refractivity contribution in [3.8, 4) is 5.75 Å². The lowest BCUT2D eigenvalue weighted by Gasteiger charge is -2.36. The standard InChI is InChI=1S/C34H54O9/c1-7-8-9-10-11-21(2)14-23(4)16-24(19-35)15-22(3)12-13-28(39)34(5,6)29-18-26(37)30(33(41)43-29)32-31(40)27(38)17-25(20-36)42-32/h12-13,15-16,18,21,24-25,27-28,31-32,35-40H,7-11,14,17,19-20H2,1-6H3/t21-,24-,25-,27-,28-,31+,32-/m0/s1. The molecule has 1 aromatic heterocycles. The number of ether oxygens (including phenoxy) is 1. The summed E-state index contributed by atoms with van der Waals surface area (Å²) in [6, 6.07) is 1.20. The first-order valence-electron chi connectivity index (χ1n) is 15.6. The molecule has 0 aliphatic carbocycles. The van der Waals surface area contributed by atoms with Gasteiger partial charge in [0.2, 0.25) is 0 Å². The predicted octanol–water partition coefficient (Wildman–Crippen LogP) is 4.58. The Labute approximate surface area is 256 Å². The minimum Gasteiger partial charge on any atom is -0.507 e. The Morgan fingerprint density at radius 1 is 1.14 bits per heavy atom. The second-order valence-corrected chi connectivity index (χ2v) is 12.8. The first kappa shape index (κ1) is 36.9. The predicted molar refractivity (Wildman–Crippen MR) is 167 cm³/mol. The van der Waals surface area contributed by atoms with Gasteiger partial charge in [0, 0.05) is 18.4 Å². The third-order valence-corrected chi connectivity index (χ3v) is 8.33. The van der Waals surface area contributed by atoms with E-state index in [4.69, 9.17) is 9.15 Å². The van der Waals surface area contributed by atoms with Gasteiger partial charge >= 0.3 is 5.63 Å². The molecule has 244 valence electrons. The SMILES string of the molecule is CCCCCC[C@H](C)CC(C)=C[C@H](C=C(C)C=C[C@H](O)C(C)(C)c1cc(O)c([C@@H]2O[C@H](CO)C[C@H](O)[C@H]2O)c(=O)o1)CO. The molecular formula is C34H54O9. The number of unbranched alkanes of at least 4 members (excludes halogenated alkanes) is 3. The van der Waals surface area contributed by atoms with Crippen LogP contribution in [0.2, 0.25) is 0 Å². The second kappa shape index (κ2) is 17.3. The molecule has 7 atom stereocenters. The Bertz CT molecular complexity index is 1150. The fourth-order valence-electron chi connectivity index (χ4n) is 5.56. The van der Waals surface area contributed by atoms with Crippen LogP contribution in [-0.4, -0.2) is 68.3 Å². The molecule has 0 spiro atoms. The highest BCUT2D eigenvalue weighted by Crippen LogP contribution is 2.37. The summed E-state index contributed by atoms with van der Waals surface area (Å²) in [6.07, 6.45) is 8.44. The highest BCUT2D eigenvalue weighted by atomic mass is 16.5. The summed E-state index contributed by atoms with van der Waals surface area (Å²) in [5.74, 6) is -0.0686. The Morgan fingerprint density at radius 3 is 2.44 bits per heavy atom. The van der Waals surface area contributed by atoms with E-state index >= 15 is 0 Å². The lowest BCUT2D eigenvalue weighted by molar-refractivity contribution is -0.180. The van der Waals surface area contributed by atoms with E-state index in [1.54, 1.807) is 26.0 Å². The van der Waals surface area contributed by atoms with Gasteiger partial charge in [-0.3, -0.25) is 0 Å². The lowest BCUT2D eigenvalue weighted by atomic mass is 9.82.